The van der Waals surface area contributed by atoms with E-state index >= 15 is 0 Å². The molecule has 0 aliphatic rings. The van der Waals surface area contributed by atoms with Gasteiger partial charge in [0.2, 0.25) is 5.82 Å². The minimum Gasteiger partial charge on any atom is -0.364 e. The van der Waals surface area contributed by atoms with Gasteiger partial charge < -0.3 is 11.1 Å². The maximum absolute atomic E-state index is 10.8. The van der Waals surface area contributed by atoms with E-state index in [-0.39, 0.29) is 17.1 Å². The van der Waals surface area contributed by atoms with Crippen molar-refractivity contribution >= 4 is 11.5 Å². The van der Waals surface area contributed by atoms with Crippen LogP contribution in [0.2, 0.25) is 0 Å². The molecule has 0 saturated heterocycles. The molecule has 1 aromatic rings. The first-order chi connectivity index (χ1) is 7.70. The Hall–Kier alpha value is -2.20. The van der Waals surface area contributed by atoms with Gasteiger partial charge in [-0.05, 0) is 19.0 Å². The topological polar surface area (TPSA) is 118 Å². The van der Waals surface area contributed by atoms with E-state index in [1.165, 1.54) is 12.3 Å². The van der Waals surface area contributed by atoms with Gasteiger partial charge >= 0.3 is 5.69 Å². The molecule has 0 bridgehead atoms. The summed E-state index contributed by atoms with van der Waals surface area (Å²) in [6.45, 7) is 0.970. The number of nitrogens with one attached hydrogen (secondary N) is 1. The SMILES string of the molecule is N#Cc1ccnc(NCCCN)c1[N+](=O)[O-]. The van der Waals surface area contributed by atoms with Crippen LogP contribution in [-0.2, 0) is 0 Å². The molecule has 0 radical (unpaired) electrons. The number of hydrogen-bond acceptors (Lipinski definition) is 6. The van der Waals surface area contributed by atoms with Crippen LogP contribution in [-0.4, -0.2) is 23.0 Å². The molecule has 1 rings (SSSR count). The largest absolute Gasteiger partial charge is 0.364 e. The van der Waals surface area contributed by atoms with Crippen molar-refractivity contribution in [3.05, 3.63) is 27.9 Å². The number of nitrogens with zero attached hydrogens (tertiary/aromatic N) is 3. The quantitative estimate of drug-likeness (QED) is 0.427. The Morgan fingerprint density at radius 1 is 1.69 bits per heavy atom. The average molecular weight is 221 g/mol. The van der Waals surface area contributed by atoms with Crippen molar-refractivity contribution in [2.24, 2.45) is 5.73 Å². The van der Waals surface area contributed by atoms with Gasteiger partial charge in [-0.15, -0.1) is 0 Å². The van der Waals surface area contributed by atoms with Gasteiger partial charge in [0.1, 0.15) is 11.6 Å². The molecule has 1 heterocycles. The fourth-order valence-corrected chi connectivity index (χ4v) is 1.17. The monoisotopic (exact) mass is 221 g/mol. The molecular formula is C9H11N5O2. The summed E-state index contributed by atoms with van der Waals surface area (Å²) < 4.78 is 0. The van der Waals surface area contributed by atoms with Crippen molar-refractivity contribution in [3.8, 4) is 6.07 Å². The van der Waals surface area contributed by atoms with Gasteiger partial charge in [0.05, 0.1) is 4.92 Å². The zero-order valence-electron chi connectivity index (χ0n) is 8.51. The summed E-state index contributed by atoms with van der Waals surface area (Å²) in [5, 5.41) is 22.3. The lowest BCUT2D eigenvalue weighted by molar-refractivity contribution is -0.384. The molecule has 0 fully saturated rings. The molecule has 0 aliphatic carbocycles. The van der Waals surface area contributed by atoms with E-state index in [0.717, 1.165) is 0 Å². The standard InChI is InChI=1S/C9H11N5O2/c10-3-1-4-12-9-8(14(15)16)7(6-11)2-5-13-9/h2,5H,1,3-4,10H2,(H,12,13). The maximum atomic E-state index is 10.8. The third-order valence-electron chi connectivity index (χ3n) is 1.90. The third-order valence-corrected chi connectivity index (χ3v) is 1.90. The van der Waals surface area contributed by atoms with Crippen LogP contribution in [0.1, 0.15) is 12.0 Å². The zero-order valence-corrected chi connectivity index (χ0v) is 8.51. The lowest BCUT2D eigenvalue weighted by atomic mass is 10.2. The maximum Gasteiger partial charge on any atom is 0.328 e. The molecule has 7 nitrogen and oxygen atoms in total. The van der Waals surface area contributed by atoms with Gasteiger partial charge in [-0.2, -0.15) is 5.26 Å². The minimum atomic E-state index is -0.615. The van der Waals surface area contributed by atoms with Gasteiger partial charge in [0.15, 0.2) is 0 Å². The van der Waals surface area contributed by atoms with E-state index in [4.69, 9.17) is 11.0 Å². The van der Waals surface area contributed by atoms with Crippen molar-refractivity contribution in [1.29, 1.82) is 5.26 Å². The number of nitriles is 1. The predicted molar refractivity (Wildman–Crippen MR) is 57.8 cm³/mol. The van der Waals surface area contributed by atoms with Crippen molar-refractivity contribution in [2.75, 3.05) is 18.4 Å². The molecule has 16 heavy (non-hydrogen) atoms. The second kappa shape index (κ2) is 5.63. The Labute approximate surface area is 92.0 Å². The summed E-state index contributed by atoms with van der Waals surface area (Å²) in [5.41, 5.74) is 5.01. The summed E-state index contributed by atoms with van der Waals surface area (Å²) in [6.07, 6.45) is 2.03. The van der Waals surface area contributed by atoms with E-state index < -0.39 is 4.92 Å². The van der Waals surface area contributed by atoms with E-state index in [9.17, 15) is 10.1 Å². The molecule has 0 unspecified atom stereocenters. The summed E-state index contributed by atoms with van der Waals surface area (Å²) in [6, 6.07) is 3.07. The summed E-state index contributed by atoms with van der Waals surface area (Å²) in [4.78, 5) is 14.0. The highest BCUT2D eigenvalue weighted by Crippen LogP contribution is 2.25. The number of nitrogens with two attached hydrogens (primary N) is 1. The van der Waals surface area contributed by atoms with Gasteiger partial charge in [0, 0.05) is 12.7 Å². The van der Waals surface area contributed by atoms with Crippen LogP contribution < -0.4 is 11.1 Å². The Bertz CT molecular complexity index is 426. The Morgan fingerprint density at radius 2 is 2.44 bits per heavy atom. The Morgan fingerprint density at radius 3 is 3.00 bits per heavy atom. The van der Waals surface area contributed by atoms with Crippen LogP contribution in [0.3, 0.4) is 0 Å². The highest BCUT2D eigenvalue weighted by atomic mass is 16.6. The van der Waals surface area contributed by atoms with Crippen LogP contribution in [0.5, 0.6) is 0 Å². The molecule has 0 saturated carbocycles. The van der Waals surface area contributed by atoms with E-state index in [1.807, 2.05) is 0 Å². The lowest BCUT2D eigenvalue weighted by Crippen LogP contribution is -2.11. The van der Waals surface area contributed by atoms with Crippen LogP contribution in [0.15, 0.2) is 12.3 Å². The molecule has 0 aromatic carbocycles. The average Bonchev–Trinajstić information content (AvgIpc) is 2.28. The highest BCUT2D eigenvalue weighted by molar-refractivity contribution is 5.63. The van der Waals surface area contributed by atoms with Gasteiger partial charge in [0.25, 0.3) is 0 Å². The minimum absolute atomic E-state index is 0.00440. The lowest BCUT2D eigenvalue weighted by Gasteiger charge is -2.05. The third kappa shape index (κ3) is 2.65. The number of rotatable bonds is 5. The predicted octanol–water partition coefficient (Wildman–Crippen LogP) is 0.622. The Kier molecular flexibility index (Phi) is 4.17. The fourth-order valence-electron chi connectivity index (χ4n) is 1.17. The highest BCUT2D eigenvalue weighted by Gasteiger charge is 2.20. The zero-order chi connectivity index (χ0) is 12.0. The molecule has 0 amide bonds. The Balaban J connectivity index is 2.99. The number of hydrogen-bond donors (Lipinski definition) is 2. The van der Waals surface area contributed by atoms with Crippen LogP contribution >= 0.6 is 0 Å². The molecule has 1 aromatic heterocycles. The number of aromatic nitrogens is 1. The molecule has 0 spiro atoms. The summed E-state index contributed by atoms with van der Waals surface area (Å²) >= 11 is 0. The first-order valence-electron chi connectivity index (χ1n) is 4.68. The number of anilines is 1. The van der Waals surface area contributed by atoms with Gasteiger partial charge in [-0.3, -0.25) is 10.1 Å². The van der Waals surface area contributed by atoms with Crippen molar-refractivity contribution < 1.29 is 4.92 Å². The van der Waals surface area contributed by atoms with Gasteiger partial charge in [-0.25, -0.2) is 4.98 Å². The van der Waals surface area contributed by atoms with E-state index in [1.54, 1.807) is 6.07 Å². The summed E-state index contributed by atoms with van der Waals surface area (Å²) in [7, 11) is 0. The first kappa shape index (κ1) is 11.9. The van der Waals surface area contributed by atoms with Crippen LogP contribution in [0.4, 0.5) is 11.5 Å². The van der Waals surface area contributed by atoms with E-state index in [2.05, 4.69) is 10.3 Å². The molecule has 84 valence electrons. The second-order valence-corrected chi connectivity index (χ2v) is 2.99. The van der Waals surface area contributed by atoms with Crippen molar-refractivity contribution in [1.82, 2.24) is 4.98 Å². The number of nitro groups is 1. The normalized spacial score (nSPS) is 9.50. The number of pyridine rings is 1. The van der Waals surface area contributed by atoms with Gasteiger partial charge in [-0.1, -0.05) is 0 Å². The smallest absolute Gasteiger partial charge is 0.328 e. The molecular weight excluding hydrogens is 210 g/mol. The first-order valence-corrected chi connectivity index (χ1v) is 4.68. The van der Waals surface area contributed by atoms with Crippen LogP contribution in [0, 0.1) is 21.4 Å². The molecule has 3 N–H and O–H groups in total. The van der Waals surface area contributed by atoms with E-state index in [0.29, 0.717) is 19.5 Å². The molecule has 0 atom stereocenters. The molecule has 0 aliphatic heterocycles. The fraction of sp³-hybridized carbons (Fsp3) is 0.333. The van der Waals surface area contributed by atoms with Crippen LogP contribution in [0.25, 0.3) is 0 Å². The van der Waals surface area contributed by atoms with Crippen molar-refractivity contribution in [3.63, 3.8) is 0 Å². The second-order valence-electron chi connectivity index (χ2n) is 2.99. The van der Waals surface area contributed by atoms with Crippen molar-refractivity contribution in [2.45, 2.75) is 6.42 Å². The molecule has 7 heteroatoms. The summed E-state index contributed by atoms with van der Waals surface area (Å²) in [5.74, 6) is 0.109.